The number of rotatable bonds is 5. The number of H-pyrrole nitrogens is 1. The zero-order chi connectivity index (χ0) is 17.3. The molecule has 3 rings (SSSR count). The normalized spacial score (nSPS) is 10.7. The van der Waals surface area contributed by atoms with Crippen molar-refractivity contribution in [1.29, 1.82) is 0 Å². The first-order valence-corrected chi connectivity index (χ1v) is 7.63. The van der Waals surface area contributed by atoms with Gasteiger partial charge in [0.15, 0.2) is 0 Å². The number of allylic oxidation sites excluding steroid dienone is 1. The third kappa shape index (κ3) is 2.67. The summed E-state index contributed by atoms with van der Waals surface area (Å²) in [4.78, 5) is 3.47. The molecule has 1 heterocycles. The van der Waals surface area contributed by atoms with Gasteiger partial charge in [-0.3, -0.25) is 22.3 Å². The topological polar surface area (TPSA) is 119 Å². The van der Waals surface area contributed by atoms with E-state index >= 15 is 0 Å². The summed E-state index contributed by atoms with van der Waals surface area (Å²) in [6.07, 6.45) is 2.65. The van der Waals surface area contributed by atoms with Crippen LogP contribution in [0.2, 0.25) is 0 Å². The maximum Gasteiger partial charge on any atom is 0.270 e. The molecule has 0 aliphatic rings. The Morgan fingerprint density at radius 1 is 1.00 bits per heavy atom. The third-order valence-corrected chi connectivity index (χ3v) is 4.09. The molecule has 0 amide bonds. The van der Waals surface area contributed by atoms with E-state index in [1.165, 1.54) is 5.56 Å². The van der Waals surface area contributed by atoms with Crippen LogP contribution in [-0.4, -0.2) is 16.7 Å². The van der Waals surface area contributed by atoms with Crippen LogP contribution < -0.4 is 22.3 Å². The van der Waals surface area contributed by atoms with Gasteiger partial charge >= 0.3 is 0 Å². The Labute approximate surface area is 140 Å². The Kier molecular flexibility index (Phi) is 3.92. The van der Waals surface area contributed by atoms with E-state index in [2.05, 4.69) is 11.6 Å². The van der Waals surface area contributed by atoms with Crippen molar-refractivity contribution in [2.45, 2.75) is 6.42 Å². The van der Waals surface area contributed by atoms with Gasteiger partial charge in [0.05, 0.1) is 16.8 Å². The highest BCUT2D eigenvalue weighted by molar-refractivity contribution is 5.99. The molecule has 0 radical (unpaired) electrons. The minimum absolute atomic E-state index is 0.302. The van der Waals surface area contributed by atoms with Crippen molar-refractivity contribution in [2.24, 2.45) is 11.5 Å². The number of nitrogens with two attached hydrogens (primary N) is 4. The molecule has 120 valence electrons. The lowest BCUT2D eigenvalue weighted by atomic mass is 10.0. The zero-order valence-electron chi connectivity index (χ0n) is 13.3. The SMILES string of the molecule is C=CCc1c(-c2ccc(C(N)=[NH2+])cc2)[nH]c2cc(C(N)=[NH2+])ccc12. The van der Waals surface area contributed by atoms with Crippen molar-refractivity contribution < 1.29 is 10.8 Å². The van der Waals surface area contributed by atoms with Gasteiger partial charge in [0, 0.05) is 10.9 Å². The second kappa shape index (κ2) is 6.04. The van der Waals surface area contributed by atoms with Gasteiger partial charge in [-0.2, -0.15) is 0 Å². The van der Waals surface area contributed by atoms with Crippen LogP contribution in [0.5, 0.6) is 0 Å². The van der Waals surface area contributed by atoms with Crippen LogP contribution in [0.25, 0.3) is 22.2 Å². The third-order valence-electron chi connectivity index (χ3n) is 4.09. The molecular formula is C19H21N5+2. The molecule has 0 aliphatic carbocycles. The smallest absolute Gasteiger partial charge is 0.270 e. The van der Waals surface area contributed by atoms with Crippen LogP contribution in [0.1, 0.15) is 16.7 Å². The number of benzene rings is 2. The fourth-order valence-corrected chi connectivity index (χ4v) is 2.87. The van der Waals surface area contributed by atoms with Crippen molar-refractivity contribution in [3.63, 3.8) is 0 Å². The average Bonchev–Trinajstić information content (AvgIpc) is 2.93. The van der Waals surface area contributed by atoms with E-state index < -0.39 is 0 Å². The van der Waals surface area contributed by atoms with Gasteiger partial charge < -0.3 is 4.98 Å². The van der Waals surface area contributed by atoms with E-state index in [-0.39, 0.29) is 0 Å². The first-order valence-electron chi connectivity index (χ1n) is 7.63. The molecular weight excluding hydrogens is 298 g/mol. The minimum atomic E-state index is 0.302. The minimum Gasteiger partial charge on any atom is -0.354 e. The molecule has 2 aromatic carbocycles. The van der Waals surface area contributed by atoms with Gasteiger partial charge in [-0.1, -0.05) is 24.3 Å². The summed E-state index contributed by atoms with van der Waals surface area (Å²) >= 11 is 0. The number of amidine groups is 2. The molecule has 3 aromatic rings. The molecule has 0 fully saturated rings. The molecule has 9 N–H and O–H groups in total. The quantitative estimate of drug-likeness (QED) is 0.247. The maximum atomic E-state index is 5.70. The molecule has 0 aliphatic heterocycles. The summed E-state index contributed by atoms with van der Waals surface area (Å²) in [6.45, 7) is 3.87. The Bertz CT molecular complexity index is 948. The average molecular weight is 319 g/mol. The summed E-state index contributed by atoms with van der Waals surface area (Å²) < 4.78 is 0. The number of nitrogens with one attached hydrogen (secondary N) is 1. The van der Waals surface area contributed by atoms with Crippen molar-refractivity contribution in [2.75, 3.05) is 0 Å². The second-order valence-electron chi connectivity index (χ2n) is 5.72. The van der Waals surface area contributed by atoms with E-state index in [1.54, 1.807) is 0 Å². The summed E-state index contributed by atoms with van der Waals surface area (Å²) in [6, 6.07) is 13.7. The second-order valence-corrected chi connectivity index (χ2v) is 5.72. The van der Waals surface area contributed by atoms with E-state index in [0.717, 1.165) is 39.7 Å². The van der Waals surface area contributed by atoms with Crippen LogP contribution >= 0.6 is 0 Å². The highest BCUT2D eigenvalue weighted by Crippen LogP contribution is 2.31. The number of aromatic nitrogens is 1. The fourth-order valence-electron chi connectivity index (χ4n) is 2.87. The zero-order valence-corrected chi connectivity index (χ0v) is 13.3. The summed E-state index contributed by atoms with van der Waals surface area (Å²) in [5.74, 6) is 0.611. The van der Waals surface area contributed by atoms with Gasteiger partial charge in [0.2, 0.25) is 0 Å². The largest absolute Gasteiger partial charge is 0.354 e. The Morgan fingerprint density at radius 2 is 1.62 bits per heavy atom. The Morgan fingerprint density at radius 3 is 2.21 bits per heavy atom. The van der Waals surface area contributed by atoms with E-state index in [1.807, 2.05) is 48.5 Å². The van der Waals surface area contributed by atoms with Crippen molar-refractivity contribution in [3.8, 4) is 11.3 Å². The summed E-state index contributed by atoms with van der Waals surface area (Å²) in [5.41, 5.74) is 17.2. The number of hydrogen-bond donors (Lipinski definition) is 5. The lowest BCUT2D eigenvalue weighted by Gasteiger charge is -2.03. The number of fused-ring (bicyclic) bond motifs is 1. The standard InChI is InChI=1S/C19H19N5/c1-2-3-15-14-9-8-13(19(22)23)10-16(14)24-17(15)11-4-6-12(7-5-11)18(20)21/h2,4-10,24H,1,3H2,(H3,20,21)(H3,22,23)/p+2. The lowest BCUT2D eigenvalue weighted by Crippen LogP contribution is -2.46. The molecule has 24 heavy (non-hydrogen) atoms. The number of hydrogen-bond acceptors (Lipinski definition) is 0. The predicted octanol–water partition coefficient (Wildman–Crippen LogP) is -0.508. The molecule has 5 nitrogen and oxygen atoms in total. The van der Waals surface area contributed by atoms with Crippen LogP contribution in [0, 0.1) is 0 Å². The maximum absolute atomic E-state index is 5.70. The Hall–Kier alpha value is -3.34. The molecule has 1 aromatic heterocycles. The monoisotopic (exact) mass is 319 g/mol. The van der Waals surface area contributed by atoms with Crippen LogP contribution in [0.3, 0.4) is 0 Å². The van der Waals surface area contributed by atoms with E-state index in [9.17, 15) is 0 Å². The van der Waals surface area contributed by atoms with Crippen molar-refractivity contribution in [3.05, 3.63) is 71.8 Å². The van der Waals surface area contributed by atoms with Crippen molar-refractivity contribution in [1.82, 2.24) is 4.98 Å². The van der Waals surface area contributed by atoms with Gasteiger partial charge in [0.25, 0.3) is 11.7 Å². The lowest BCUT2D eigenvalue weighted by molar-refractivity contribution is -0.115. The molecule has 0 spiro atoms. The molecule has 0 atom stereocenters. The fraction of sp³-hybridized carbons (Fsp3) is 0.0526. The van der Waals surface area contributed by atoms with Crippen molar-refractivity contribution >= 4 is 22.6 Å². The summed E-state index contributed by atoms with van der Waals surface area (Å²) in [7, 11) is 0. The van der Waals surface area contributed by atoms with E-state index in [4.69, 9.17) is 22.3 Å². The van der Waals surface area contributed by atoms with Crippen LogP contribution in [0.15, 0.2) is 55.1 Å². The van der Waals surface area contributed by atoms with Gasteiger partial charge in [-0.15, -0.1) is 6.58 Å². The predicted molar refractivity (Wildman–Crippen MR) is 98.1 cm³/mol. The van der Waals surface area contributed by atoms with Crippen LogP contribution in [-0.2, 0) is 6.42 Å². The molecule has 0 saturated heterocycles. The van der Waals surface area contributed by atoms with Gasteiger partial charge in [0.1, 0.15) is 0 Å². The summed E-state index contributed by atoms with van der Waals surface area (Å²) in [5, 5.41) is 12.5. The van der Waals surface area contributed by atoms with E-state index in [0.29, 0.717) is 11.7 Å². The van der Waals surface area contributed by atoms with Gasteiger partial charge in [-0.25, -0.2) is 0 Å². The molecule has 0 saturated carbocycles. The van der Waals surface area contributed by atoms with Crippen LogP contribution in [0.4, 0.5) is 0 Å². The van der Waals surface area contributed by atoms with Gasteiger partial charge in [-0.05, 0) is 41.8 Å². The highest BCUT2D eigenvalue weighted by atomic mass is 14.7. The first-order chi connectivity index (χ1) is 11.5. The first kappa shape index (κ1) is 15.6. The highest BCUT2D eigenvalue weighted by Gasteiger charge is 2.14. The molecule has 0 bridgehead atoms. The molecule has 5 heteroatoms. The molecule has 0 unspecified atom stereocenters. The number of aromatic amines is 1. The Balaban J connectivity index is 2.18.